The molecule has 1 heterocycles. The fourth-order valence-corrected chi connectivity index (χ4v) is 2.37. The first-order chi connectivity index (χ1) is 9.41. The number of carbonyl (C=O) groups is 1. The first kappa shape index (κ1) is 14.9. The molecule has 0 radical (unpaired) electrons. The second-order valence-electron chi connectivity index (χ2n) is 5.51. The van der Waals surface area contributed by atoms with Gasteiger partial charge in [-0.3, -0.25) is 4.79 Å². The van der Waals surface area contributed by atoms with Crippen LogP contribution in [0.4, 0.5) is 8.78 Å². The number of benzene rings is 1. The van der Waals surface area contributed by atoms with Crippen LogP contribution in [0, 0.1) is 23.5 Å². The third kappa shape index (κ3) is 2.82. The summed E-state index contributed by atoms with van der Waals surface area (Å²) in [4.78, 5) is 14.0. The molecule has 1 N–H and O–H groups in total. The molecule has 1 saturated heterocycles. The van der Waals surface area contributed by atoms with Crippen LogP contribution in [0.15, 0.2) is 18.2 Å². The summed E-state index contributed by atoms with van der Waals surface area (Å²) >= 11 is 0. The maximum Gasteiger partial charge on any atom is 0.226 e. The molecule has 0 bridgehead atoms. The second-order valence-corrected chi connectivity index (χ2v) is 5.51. The first-order valence-corrected chi connectivity index (χ1v) is 6.84. The Hall–Kier alpha value is -1.49. The normalized spacial score (nSPS) is 18.2. The number of halogens is 2. The van der Waals surface area contributed by atoms with Gasteiger partial charge in [-0.2, -0.15) is 0 Å². The van der Waals surface area contributed by atoms with Gasteiger partial charge in [-0.1, -0.05) is 13.0 Å². The van der Waals surface area contributed by atoms with Gasteiger partial charge in [0.1, 0.15) is 0 Å². The SMILES string of the molecule is CC(C(=O)N(C)C(C)c1ccc(F)c(F)c1)C1CNC1. The number of amides is 1. The average molecular weight is 282 g/mol. The highest BCUT2D eigenvalue weighted by molar-refractivity contribution is 5.79. The Kier molecular flexibility index (Phi) is 4.38. The van der Waals surface area contributed by atoms with E-state index < -0.39 is 11.6 Å². The van der Waals surface area contributed by atoms with E-state index in [0.29, 0.717) is 11.5 Å². The standard InChI is InChI=1S/C15H20F2N2O/c1-9(12-7-18-8-12)15(20)19(3)10(2)11-4-5-13(16)14(17)6-11/h4-6,9-10,12,18H,7-8H2,1-3H3. The molecule has 1 aromatic carbocycles. The maximum absolute atomic E-state index is 13.3. The Morgan fingerprint density at radius 3 is 2.45 bits per heavy atom. The average Bonchev–Trinajstić information content (AvgIpc) is 2.37. The highest BCUT2D eigenvalue weighted by atomic mass is 19.2. The Morgan fingerprint density at radius 2 is 1.95 bits per heavy atom. The summed E-state index contributed by atoms with van der Waals surface area (Å²) in [6.07, 6.45) is 0. The summed E-state index contributed by atoms with van der Waals surface area (Å²) in [6, 6.07) is 3.48. The summed E-state index contributed by atoms with van der Waals surface area (Å²) in [7, 11) is 1.71. The van der Waals surface area contributed by atoms with E-state index in [0.717, 1.165) is 25.2 Å². The molecule has 0 aliphatic carbocycles. The molecule has 2 atom stereocenters. The molecule has 3 nitrogen and oxygen atoms in total. The van der Waals surface area contributed by atoms with Crippen LogP contribution in [0.25, 0.3) is 0 Å². The van der Waals surface area contributed by atoms with E-state index in [4.69, 9.17) is 0 Å². The third-order valence-electron chi connectivity index (χ3n) is 4.26. The van der Waals surface area contributed by atoms with E-state index in [1.165, 1.54) is 6.07 Å². The van der Waals surface area contributed by atoms with Crippen molar-refractivity contribution in [1.82, 2.24) is 10.2 Å². The highest BCUT2D eigenvalue weighted by Gasteiger charge is 2.32. The van der Waals surface area contributed by atoms with E-state index in [-0.39, 0.29) is 17.9 Å². The molecular weight excluding hydrogens is 262 g/mol. The summed E-state index contributed by atoms with van der Waals surface area (Å²) in [5.41, 5.74) is 0.596. The minimum Gasteiger partial charge on any atom is -0.339 e. The lowest BCUT2D eigenvalue weighted by Crippen LogP contribution is -2.50. The maximum atomic E-state index is 13.3. The van der Waals surface area contributed by atoms with E-state index in [2.05, 4.69) is 5.32 Å². The Bertz CT molecular complexity index is 503. The molecule has 5 heteroatoms. The van der Waals surface area contributed by atoms with Crippen molar-refractivity contribution in [3.63, 3.8) is 0 Å². The fourth-order valence-electron chi connectivity index (χ4n) is 2.37. The molecule has 1 amide bonds. The van der Waals surface area contributed by atoms with Gasteiger partial charge in [0.2, 0.25) is 5.91 Å². The Labute approximate surface area is 118 Å². The van der Waals surface area contributed by atoms with Crippen LogP contribution in [0.2, 0.25) is 0 Å². The van der Waals surface area contributed by atoms with Crippen LogP contribution < -0.4 is 5.32 Å². The zero-order chi connectivity index (χ0) is 14.9. The largest absolute Gasteiger partial charge is 0.339 e. The van der Waals surface area contributed by atoms with E-state index in [9.17, 15) is 13.6 Å². The van der Waals surface area contributed by atoms with Gasteiger partial charge in [-0.15, -0.1) is 0 Å². The summed E-state index contributed by atoms with van der Waals surface area (Å²) in [6.45, 7) is 5.46. The topological polar surface area (TPSA) is 32.3 Å². The summed E-state index contributed by atoms with van der Waals surface area (Å²) < 4.78 is 26.2. The van der Waals surface area contributed by atoms with Crippen LogP contribution in [0.3, 0.4) is 0 Å². The van der Waals surface area contributed by atoms with Gasteiger partial charge in [0.15, 0.2) is 11.6 Å². The molecule has 2 unspecified atom stereocenters. The van der Waals surface area contributed by atoms with E-state index >= 15 is 0 Å². The lowest BCUT2D eigenvalue weighted by atomic mass is 9.87. The third-order valence-corrected chi connectivity index (χ3v) is 4.26. The monoisotopic (exact) mass is 282 g/mol. The highest BCUT2D eigenvalue weighted by Crippen LogP contribution is 2.25. The molecule has 1 aliphatic rings. The zero-order valence-corrected chi connectivity index (χ0v) is 12.0. The molecule has 110 valence electrons. The lowest BCUT2D eigenvalue weighted by Gasteiger charge is -2.35. The van der Waals surface area contributed by atoms with Crippen molar-refractivity contribution < 1.29 is 13.6 Å². The Balaban J connectivity index is 2.08. The first-order valence-electron chi connectivity index (χ1n) is 6.84. The second kappa shape index (κ2) is 5.87. The van der Waals surface area contributed by atoms with Crippen molar-refractivity contribution in [2.24, 2.45) is 11.8 Å². The molecular formula is C15H20F2N2O. The van der Waals surface area contributed by atoms with Crippen molar-refractivity contribution in [2.45, 2.75) is 19.9 Å². The van der Waals surface area contributed by atoms with Crippen LogP contribution in [0.5, 0.6) is 0 Å². The van der Waals surface area contributed by atoms with E-state index in [1.807, 2.05) is 13.8 Å². The van der Waals surface area contributed by atoms with Gasteiger partial charge in [-0.25, -0.2) is 8.78 Å². The van der Waals surface area contributed by atoms with Crippen molar-refractivity contribution in [2.75, 3.05) is 20.1 Å². The number of nitrogens with one attached hydrogen (secondary N) is 1. The van der Waals surface area contributed by atoms with E-state index in [1.54, 1.807) is 11.9 Å². The number of nitrogens with zero attached hydrogens (tertiary/aromatic N) is 1. The van der Waals surface area contributed by atoms with Gasteiger partial charge in [0.25, 0.3) is 0 Å². The molecule has 0 saturated carbocycles. The number of rotatable bonds is 4. The van der Waals surface area contributed by atoms with Gasteiger partial charge in [0.05, 0.1) is 6.04 Å². The van der Waals surface area contributed by atoms with Gasteiger partial charge in [0, 0.05) is 13.0 Å². The van der Waals surface area contributed by atoms with Crippen LogP contribution >= 0.6 is 0 Å². The minimum atomic E-state index is -0.883. The quantitative estimate of drug-likeness (QED) is 0.919. The number of carbonyl (C=O) groups excluding carboxylic acids is 1. The van der Waals surface area contributed by atoms with Crippen molar-refractivity contribution in [3.05, 3.63) is 35.4 Å². The summed E-state index contributed by atoms with van der Waals surface area (Å²) in [5, 5.41) is 3.15. The molecule has 20 heavy (non-hydrogen) atoms. The molecule has 2 rings (SSSR count). The lowest BCUT2D eigenvalue weighted by molar-refractivity contribution is -0.138. The molecule has 1 fully saturated rings. The van der Waals surface area contributed by atoms with Gasteiger partial charge in [-0.05, 0) is 43.6 Å². The van der Waals surface area contributed by atoms with Crippen molar-refractivity contribution >= 4 is 5.91 Å². The number of hydrogen-bond acceptors (Lipinski definition) is 2. The van der Waals surface area contributed by atoms with Crippen molar-refractivity contribution in [1.29, 1.82) is 0 Å². The predicted octanol–water partition coefficient (Wildman–Crippen LogP) is 2.34. The minimum absolute atomic E-state index is 0.0359. The zero-order valence-electron chi connectivity index (χ0n) is 12.0. The molecule has 1 aliphatic heterocycles. The van der Waals surface area contributed by atoms with Crippen LogP contribution in [0.1, 0.15) is 25.5 Å². The molecule has 0 spiro atoms. The van der Waals surface area contributed by atoms with Gasteiger partial charge < -0.3 is 10.2 Å². The van der Waals surface area contributed by atoms with Crippen molar-refractivity contribution in [3.8, 4) is 0 Å². The number of hydrogen-bond donors (Lipinski definition) is 1. The summed E-state index contributed by atoms with van der Waals surface area (Å²) in [5.74, 6) is -1.42. The predicted molar refractivity (Wildman–Crippen MR) is 73.1 cm³/mol. The molecule has 0 aromatic heterocycles. The Morgan fingerprint density at radius 1 is 1.30 bits per heavy atom. The van der Waals surface area contributed by atoms with Gasteiger partial charge >= 0.3 is 0 Å². The van der Waals surface area contributed by atoms with Crippen LogP contribution in [-0.4, -0.2) is 30.9 Å². The molecule has 1 aromatic rings. The smallest absolute Gasteiger partial charge is 0.226 e. The van der Waals surface area contributed by atoms with Crippen LogP contribution in [-0.2, 0) is 4.79 Å². The fraction of sp³-hybridized carbons (Fsp3) is 0.533.